The Kier molecular flexibility index (Phi) is 5.82. The molecule has 98 valence electrons. The van der Waals surface area contributed by atoms with Crippen LogP contribution in [0.25, 0.3) is 0 Å². The molecule has 1 rings (SSSR count). The van der Waals surface area contributed by atoms with Crippen LogP contribution in [0.5, 0.6) is 0 Å². The smallest absolute Gasteiger partial charge is 0.338 e. The highest BCUT2D eigenvalue weighted by Crippen LogP contribution is 2.26. The van der Waals surface area contributed by atoms with Crippen molar-refractivity contribution < 1.29 is 14.3 Å². The monoisotopic (exact) mass is 332 g/mol. The van der Waals surface area contributed by atoms with Gasteiger partial charge in [0.05, 0.1) is 17.0 Å². The molecule has 18 heavy (non-hydrogen) atoms. The number of ketones is 1. The van der Waals surface area contributed by atoms with E-state index in [2.05, 4.69) is 15.9 Å². The molecular formula is C13H14BrClO3. The van der Waals surface area contributed by atoms with Crippen molar-refractivity contribution in [2.45, 2.75) is 24.6 Å². The molecule has 1 aromatic rings. The van der Waals surface area contributed by atoms with Crippen molar-refractivity contribution >= 4 is 39.3 Å². The Morgan fingerprint density at radius 1 is 1.39 bits per heavy atom. The van der Waals surface area contributed by atoms with E-state index in [0.29, 0.717) is 17.7 Å². The molecule has 0 saturated heterocycles. The molecule has 0 radical (unpaired) electrons. The van der Waals surface area contributed by atoms with Crippen molar-refractivity contribution in [3.63, 3.8) is 0 Å². The number of ether oxygens (including phenoxy) is 1. The summed E-state index contributed by atoms with van der Waals surface area (Å²) in [6.45, 7) is 3.54. The second-order valence-corrected chi connectivity index (χ2v) is 4.97. The van der Waals surface area contributed by atoms with Crippen LogP contribution in [0.4, 0.5) is 0 Å². The summed E-state index contributed by atoms with van der Waals surface area (Å²) in [5.74, 6) is -0.164. The maximum atomic E-state index is 11.7. The molecule has 0 heterocycles. The van der Waals surface area contributed by atoms with Gasteiger partial charge in [0.25, 0.3) is 0 Å². The predicted octanol–water partition coefficient (Wildman–Crippen LogP) is 3.63. The van der Waals surface area contributed by atoms with Gasteiger partial charge in [-0.05, 0) is 37.1 Å². The molecule has 1 aromatic carbocycles. The van der Waals surface area contributed by atoms with Gasteiger partial charge >= 0.3 is 5.97 Å². The molecule has 0 aliphatic heterocycles. The molecule has 0 aliphatic rings. The third kappa shape index (κ3) is 3.82. The predicted molar refractivity (Wildman–Crippen MR) is 74.3 cm³/mol. The fourth-order valence-corrected chi connectivity index (χ4v) is 1.93. The summed E-state index contributed by atoms with van der Waals surface area (Å²) in [5.41, 5.74) is 1.90. The second-order valence-electron chi connectivity index (χ2n) is 3.79. The molecule has 1 atom stereocenters. The first kappa shape index (κ1) is 15.2. The molecule has 0 amide bonds. The molecule has 0 aromatic heterocycles. The van der Waals surface area contributed by atoms with Gasteiger partial charge in [-0.2, -0.15) is 0 Å². The molecule has 3 nitrogen and oxygen atoms in total. The molecule has 5 heteroatoms. The molecule has 0 spiro atoms. The highest BCUT2D eigenvalue weighted by molar-refractivity contribution is 9.09. The van der Waals surface area contributed by atoms with Crippen LogP contribution in [0.2, 0.25) is 0 Å². The van der Waals surface area contributed by atoms with Crippen LogP contribution < -0.4 is 0 Å². The van der Waals surface area contributed by atoms with Crippen LogP contribution in [0.3, 0.4) is 0 Å². The van der Waals surface area contributed by atoms with E-state index in [4.69, 9.17) is 16.3 Å². The largest absolute Gasteiger partial charge is 0.462 e. The number of alkyl halides is 2. The van der Waals surface area contributed by atoms with Crippen LogP contribution in [0.1, 0.15) is 40.2 Å². The minimum Gasteiger partial charge on any atom is -0.462 e. The summed E-state index contributed by atoms with van der Waals surface area (Å²) in [4.78, 5) is 22.6. The Labute approximate surface area is 120 Å². The Hall–Kier alpha value is -0.870. The van der Waals surface area contributed by atoms with E-state index in [1.165, 1.54) is 6.92 Å². The lowest BCUT2D eigenvalue weighted by atomic mass is 10.0. The Morgan fingerprint density at radius 3 is 2.56 bits per heavy atom. The Bertz CT molecular complexity index is 460. The number of esters is 1. The first-order valence-corrected chi connectivity index (χ1v) is 6.96. The van der Waals surface area contributed by atoms with Gasteiger partial charge in [0.15, 0.2) is 0 Å². The Morgan fingerprint density at radius 2 is 2.06 bits per heavy atom. The van der Waals surface area contributed by atoms with E-state index in [0.717, 1.165) is 5.56 Å². The van der Waals surface area contributed by atoms with E-state index < -0.39 is 10.8 Å². The fraction of sp³-hybridized carbons (Fsp3) is 0.385. The zero-order chi connectivity index (χ0) is 13.7. The van der Waals surface area contributed by atoms with Gasteiger partial charge in [-0.25, -0.2) is 4.79 Å². The highest BCUT2D eigenvalue weighted by atomic mass is 79.9. The number of carbonyl (C=O) groups is 2. The number of benzene rings is 1. The van der Waals surface area contributed by atoms with Crippen LogP contribution in [-0.2, 0) is 15.4 Å². The van der Waals surface area contributed by atoms with E-state index in [1.807, 2.05) is 0 Å². The lowest BCUT2D eigenvalue weighted by Gasteiger charge is -2.11. The zero-order valence-corrected chi connectivity index (χ0v) is 12.5. The lowest BCUT2D eigenvalue weighted by molar-refractivity contribution is -0.116. The van der Waals surface area contributed by atoms with Gasteiger partial charge in [0, 0.05) is 5.88 Å². The molecule has 0 aliphatic carbocycles. The molecular weight excluding hydrogens is 319 g/mol. The van der Waals surface area contributed by atoms with Crippen molar-refractivity contribution in [1.29, 1.82) is 0 Å². The SMILES string of the molecule is CCOC(=O)c1cc(CCl)cc(C(Br)C(C)=O)c1. The normalized spacial score (nSPS) is 12.0. The summed E-state index contributed by atoms with van der Waals surface area (Å²) in [5, 5.41) is 0. The topological polar surface area (TPSA) is 43.4 Å². The third-order valence-electron chi connectivity index (χ3n) is 2.33. The average molecular weight is 334 g/mol. The van der Waals surface area contributed by atoms with Crippen LogP contribution in [0.15, 0.2) is 18.2 Å². The van der Waals surface area contributed by atoms with Gasteiger partial charge in [-0.3, -0.25) is 4.79 Å². The van der Waals surface area contributed by atoms with Crippen molar-refractivity contribution in [3.8, 4) is 0 Å². The number of hydrogen-bond donors (Lipinski definition) is 0. The van der Waals surface area contributed by atoms with Crippen molar-refractivity contribution in [1.82, 2.24) is 0 Å². The van der Waals surface area contributed by atoms with E-state index in [1.54, 1.807) is 25.1 Å². The molecule has 0 bridgehead atoms. The highest BCUT2D eigenvalue weighted by Gasteiger charge is 2.16. The molecule has 0 fully saturated rings. The third-order valence-corrected chi connectivity index (χ3v) is 3.81. The van der Waals surface area contributed by atoms with E-state index in [-0.39, 0.29) is 11.7 Å². The van der Waals surface area contributed by atoms with Crippen molar-refractivity contribution in [2.75, 3.05) is 6.61 Å². The quantitative estimate of drug-likeness (QED) is 0.610. The zero-order valence-electron chi connectivity index (χ0n) is 10.2. The maximum absolute atomic E-state index is 11.7. The number of Topliss-reactive ketones (excluding diaryl/α,β-unsaturated/α-hetero) is 1. The van der Waals surface area contributed by atoms with Crippen LogP contribution in [0, 0.1) is 0 Å². The van der Waals surface area contributed by atoms with E-state index in [9.17, 15) is 9.59 Å². The minimum absolute atomic E-state index is 0.0310. The first-order valence-electron chi connectivity index (χ1n) is 5.51. The average Bonchev–Trinajstić information content (AvgIpc) is 2.37. The number of carbonyl (C=O) groups excluding carboxylic acids is 2. The van der Waals surface area contributed by atoms with Gasteiger partial charge < -0.3 is 4.74 Å². The minimum atomic E-state index is -0.436. The number of hydrogen-bond acceptors (Lipinski definition) is 3. The Balaban J connectivity index is 3.16. The molecule has 0 N–H and O–H groups in total. The van der Waals surface area contributed by atoms with Gasteiger partial charge in [-0.1, -0.05) is 22.0 Å². The number of rotatable bonds is 5. The second kappa shape index (κ2) is 6.90. The summed E-state index contributed by atoms with van der Waals surface area (Å²) >= 11 is 9.08. The van der Waals surface area contributed by atoms with Gasteiger partial charge in [-0.15, -0.1) is 11.6 Å². The fourth-order valence-electron chi connectivity index (χ4n) is 1.51. The van der Waals surface area contributed by atoms with E-state index >= 15 is 0 Å². The lowest BCUT2D eigenvalue weighted by Crippen LogP contribution is -2.08. The molecule has 0 saturated carbocycles. The molecule has 1 unspecified atom stereocenters. The van der Waals surface area contributed by atoms with Gasteiger partial charge in [0.1, 0.15) is 5.78 Å². The maximum Gasteiger partial charge on any atom is 0.338 e. The van der Waals surface area contributed by atoms with Gasteiger partial charge in [0.2, 0.25) is 0 Å². The van der Waals surface area contributed by atoms with Crippen LogP contribution in [-0.4, -0.2) is 18.4 Å². The van der Waals surface area contributed by atoms with Crippen molar-refractivity contribution in [3.05, 3.63) is 34.9 Å². The summed E-state index contributed by atoms with van der Waals surface area (Å²) < 4.78 is 4.94. The summed E-state index contributed by atoms with van der Waals surface area (Å²) in [7, 11) is 0. The summed E-state index contributed by atoms with van der Waals surface area (Å²) in [6, 6.07) is 5.12. The summed E-state index contributed by atoms with van der Waals surface area (Å²) in [6.07, 6.45) is 0. The van der Waals surface area contributed by atoms with Crippen LogP contribution >= 0.6 is 27.5 Å². The standard InChI is InChI=1S/C13H14BrClO3/c1-3-18-13(17)11-5-9(7-15)4-10(6-11)12(14)8(2)16/h4-6,12H,3,7H2,1-2H3. The number of halogens is 2. The first-order chi connectivity index (χ1) is 8.49. The van der Waals surface area contributed by atoms with Crippen molar-refractivity contribution in [2.24, 2.45) is 0 Å².